The van der Waals surface area contributed by atoms with Crippen LogP contribution in [-0.2, 0) is 21.2 Å². The number of sulfonamides is 1. The quantitative estimate of drug-likeness (QED) is 0.717. The van der Waals surface area contributed by atoms with E-state index in [4.69, 9.17) is 4.74 Å². The second kappa shape index (κ2) is 8.76. The van der Waals surface area contributed by atoms with Gasteiger partial charge in [-0.2, -0.15) is 4.98 Å². The zero-order chi connectivity index (χ0) is 21.2. The van der Waals surface area contributed by atoms with Crippen LogP contribution in [0.4, 0.5) is 5.95 Å². The molecule has 2 aromatic heterocycles. The highest BCUT2D eigenvalue weighted by atomic mass is 32.2. The number of nitrogens with zero attached hydrogens (tertiary/aromatic N) is 4. The summed E-state index contributed by atoms with van der Waals surface area (Å²) < 4.78 is 31.6. The highest BCUT2D eigenvalue weighted by Crippen LogP contribution is 2.20. The van der Waals surface area contributed by atoms with E-state index in [0.29, 0.717) is 56.1 Å². The van der Waals surface area contributed by atoms with Crippen LogP contribution in [0.5, 0.6) is 0 Å². The highest BCUT2D eigenvalue weighted by molar-refractivity contribution is 7.88. The lowest BCUT2D eigenvalue weighted by Gasteiger charge is -2.30. The van der Waals surface area contributed by atoms with Crippen molar-refractivity contribution in [1.82, 2.24) is 18.8 Å². The van der Waals surface area contributed by atoms with E-state index >= 15 is 0 Å². The summed E-state index contributed by atoms with van der Waals surface area (Å²) in [7, 11) is -1.54. The third-order valence-electron chi connectivity index (χ3n) is 5.20. The average molecular weight is 424 g/mol. The number of methoxy groups -OCH3 is 1. The first-order valence-corrected chi connectivity index (χ1v) is 11.7. The van der Waals surface area contributed by atoms with Gasteiger partial charge in [-0.05, 0) is 32.8 Å². The Bertz CT molecular complexity index is 1030. The SMILES string of the molecule is COCCc1cc2cnc(NC3CCN(S(C)(=O)=O)CC3)nc2n(C(C)C)c1=O. The first kappa shape index (κ1) is 21.7. The molecule has 1 aliphatic rings. The number of nitrogens with one attached hydrogen (secondary N) is 1. The van der Waals surface area contributed by atoms with E-state index in [0.717, 1.165) is 5.39 Å². The molecule has 29 heavy (non-hydrogen) atoms. The average Bonchev–Trinajstić information content (AvgIpc) is 2.66. The van der Waals surface area contributed by atoms with E-state index < -0.39 is 10.0 Å². The molecule has 0 unspecified atom stereocenters. The van der Waals surface area contributed by atoms with Crippen LogP contribution in [0.15, 0.2) is 17.1 Å². The molecule has 1 N–H and O–H groups in total. The van der Waals surface area contributed by atoms with Crippen LogP contribution in [0.1, 0.15) is 38.3 Å². The summed E-state index contributed by atoms with van der Waals surface area (Å²) in [6.07, 6.45) is 4.86. The van der Waals surface area contributed by atoms with E-state index in [9.17, 15) is 13.2 Å². The van der Waals surface area contributed by atoms with Crippen LogP contribution in [0.2, 0.25) is 0 Å². The molecule has 9 nitrogen and oxygen atoms in total. The van der Waals surface area contributed by atoms with Crippen molar-refractivity contribution in [2.24, 2.45) is 0 Å². The summed E-state index contributed by atoms with van der Waals surface area (Å²) in [4.78, 5) is 22.0. The van der Waals surface area contributed by atoms with Gasteiger partial charge in [-0.1, -0.05) is 0 Å². The Morgan fingerprint density at radius 1 is 1.31 bits per heavy atom. The molecule has 0 bridgehead atoms. The van der Waals surface area contributed by atoms with Crippen LogP contribution in [-0.4, -0.2) is 66.4 Å². The number of piperidine rings is 1. The maximum absolute atomic E-state index is 12.9. The van der Waals surface area contributed by atoms with Crippen molar-refractivity contribution in [3.8, 4) is 0 Å². The highest BCUT2D eigenvalue weighted by Gasteiger charge is 2.25. The van der Waals surface area contributed by atoms with Crippen LogP contribution in [0, 0.1) is 0 Å². The van der Waals surface area contributed by atoms with Gasteiger partial charge in [0.05, 0.1) is 12.9 Å². The molecule has 1 fully saturated rings. The first-order valence-electron chi connectivity index (χ1n) is 9.82. The van der Waals surface area contributed by atoms with Crippen molar-refractivity contribution in [3.63, 3.8) is 0 Å². The van der Waals surface area contributed by atoms with Crippen LogP contribution in [0.25, 0.3) is 11.0 Å². The van der Waals surface area contributed by atoms with Gasteiger partial charge < -0.3 is 10.1 Å². The summed E-state index contributed by atoms with van der Waals surface area (Å²) in [5.41, 5.74) is 1.22. The number of pyridine rings is 1. The Labute approximate surface area is 171 Å². The number of rotatable bonds is 7. The number of fused-ring (bicyclic) bond motifs is 1. The molecule has 0 amide bonds. The van der Waals surface area contributed by atoms with Crippen molar-refractivity contribution in [2.75, 3.05) is 38.4 Å². The summed E-state index contributed by atoms with van der Waals surface area (Å²) in [5, 5.41) is 4.11. The summed E-state index contributed by atoms with van der Waals surface area (Å²) in [5.74, 6) is 0.453. The predicted octanol–water partition coefficient (Wildman–Crippen LogP) is 1.40. The molecular weight excluding hydrogens is 394 g/mol. The zero-order valence-electron chi connectivity index (χ0n) is 17.4. The Hall–Kier alpha value is -2.04. The predicted molar refractivity (Wildman–Crippen MR) is 113 cm³/mol. The molecule has 10 heteroatoms. The van der Waals surface area contributed by atoms with E-state index in [-0.39, 0.29) is 17.6 Å². The topological polar surface area (TPSA) is 106 Å². The minimum atomic E-state index is -3.15. The fourth-order valence-electron chi connectivity index (χ4n) is 3.63. The zero-order valence-corrected chi connectivity index (χ0v) is 18.2. The lowest BCUT2D eigenvalue weighted by Crippen LogP contribution is -2.42. The maximum atomic E-state index is 12.9. The van der Waals surface area contributed by atoms with Gasteiger partial charge in [0.15, 0.2) is 0 Å². The number of ether oxygens (including phenoxy) is 1. The van der Waals surface area contributed by atoms with E-state index in [1.54, 1.807) is 17.9 Å². The van der Waals surface area contributed by atoms with Crippen LogP contribution >= 0.6 is 0 Å². The molecule has 2 aromatic rings. The Morgan fingerprint density at radius 3 is 2.59 bits per heavy atom. The third-order valence-corrected chi connectivity index (χ3v) is 6.50. The second-order valence-corrected chi connectivity index (χ2v) is 9.72. The van der Waals surface area contributed by atoms with Crippen molar-refractivity contribution >= 4 is 27.0 Å². The first-order chi connectivity index (χ1) is 13.7. The minimum absolute atomic E-state index is 0.0479. The fourth-order valence-corrected chi connectivity index (χ4v) is 4.51. The smallest absolute Gasteiger partial charge is 0.255 e. The fraction of sp³-hybridized carbons (Fsp3) is 0.632. The standard InChI is InChI=1S/C19H29N5O4S/c1-13(2)24-17-15(11-14(18(24)25)7-10-28-3)12-20-19(22-17)21-16-5-8-23(9-6-16)29(4,26)27/h11-13,16H,5-10H2,1-4H3,(H,20,21,22). The normalized spacial score (nSPS) is 16.6. The van der Waals surface area contributed by atoms with Crippen LogP contribution < -0.4 is 10.9 Å². The van der Waals surface area contributed by atoms with Crippen molar-refractivity contribution in [1.29, 1.82) is 0 Å². The summed E-state index contributed by atoms with van der Waals surface area (Å²) in [6, 6.07) is 1.88. The summed E-state index contributed by atoms with van der Waals surface area (Å²) >= 11 is 0. The molecule has 1 aliphatic heterocycles. The van der Waals surface area contributed by atoms with Gasteiger partial charge in [0.2, 0.25) is 16.0 Å². The Morgan fingerprint density at radius 2 is 2.00 bits per heavy atom. The molecule has 1 saturated heterocycles. The lowest BCUT2D eigenvalue weighted by molar-refractivity contribution is 0.202. The Kier molecular flexibility index (Phi) is 6.55. The molecule has 0 atom stereocenters. The van der Waals surface area contributed by atoms with Gasteiger partial charge in [-0.3, -0.25) is 9.36 Å². The van der Waals surface area contributed by atoms with Gasteiger partial charge in [0, 0.05) is 55.9 Å². The van der Waals surface area contributed by atoms with E-state index in [1.165, 1.54) is 10.6 Å². The molecule has 0 spiro atoms. The molecule has 0 radical (unpaired) electrons. The van der Waals surface area contributed by atoms with Crippen LogP contribution in [0.3, 0.4) is 0 Å². The molecule has 3 heterocycles. The lowest BCUT2D eigenvalue weighted by atomic mass is 10.1. The largest absolute Gasteiger partial charge is 0.384 e. The van der Waals surface area contributed by atoms with Gasteiger partial charge in [0.1, 0.15) is 5.65 Å². The maximum Gasteiger partial charge on any atom is 0.255 e. The van der Waals surface area contributed by atoms with E-state index in [1.807, 2.05) is 19.9 Å². The molecule has 160 valence electrons. The molecule has 3 rings (SSSR count). The number of hydrogen-bond acceptors (Lipinski definition) is 7. The van der Waals surface area contributed by atoms with Crippen molar-refractivity contribution < 1.29 is 13.2 Å². The summed E-state index contributed by atoms with van der Waals surface area (Å²) in [6.45, 7) is 5.34. The molecule has 0 aromatic carbocycles. The molecule has 0 saturated carbocycles. The number of aromatic nitrogens is 3. The minimum Gasteiger partial charge on any atom is -0.384 e. The van der Waals surface area contributed by atoms with Gasteiger partial charge in [-0.25, -0.2) is 17.7 Å². The van der Waals surface area contributed by atoms with Gasteiger partial charge >= 0.3 is 0 Å². The Balaban J connectivity index is 1.86. The number of hydrogen-bond donors (Lipinski definition) is 1. The van der Waals surface area contributed by atoms with Gasteiger partial charge in [0.25, 0.3) is 5.56 Å². The van der Waals surface area contributed by atoms with Gasteiger partial charge in [-0.15, -0.1) is 0 Å². The molecule has 0 aliphatic carbocycles. The van der Waals surface area contributed by atoms with Crippen molar-refractivity contribution in [2.45, 2.75) is 45.2 Å². The molecular formula is C19H29N5O4S. The number of anilines is 1. The second-order valence-electron chi connectivity index (χ2n) is 7.73. The monoisotopic (exact) mass is 423 g/mol. The van der Waals surface area contributed by atoms with Crippen molar-refractivity contribution in [3.05, 3.63) is 28.2 Å². The van der Waals surface area contributed by atoms with E-state index in [2.05, 4.69) is 15.3 Å². The third kappa shape index (κ3) is 4.93.